The molecule has 0 fully saturated rings. The van der Waals surface area contributed by atoms with Crippen LogP contribution in [0.25, 0.3) is 0 Å². The predicted molar refractivity (Wildman–Crippen MR) is 66.9 cm³/mol. The maximum atomic E-state index is 12.5. The van der Waals surface area contributed by atoms with Crippen molar-refractivity contribution < 1.29 is 13.5 Å². The second kappa shape index (κ2) is 4.96. The van der Waals surface area contributed by atoms with E-state index < -0.39 is 10.0 Å². The average molecular weight is 298 g/mol. The average Bonchev–Trinajstić information content (AvgIpc) is 3.06. The predicted octanol–water partition coefficient (Wildman–Crippen LogP) is -1.33. The molecule has 3 heterocycles. The molecule has 2 aromatic rings. The van der Waals surface area contributed by atoms with Gasteiger partial charge in [-0.2, -0.15) is 9.40 Å². The third-order valence-electron chi connectivity index (χ3n) is 3.18. The van der Waals surface area contributed by atoms with Gasteiger partial charge in [-0.3, -0.25) is 4.68 Å². The highest BCUT2D eigenvalue weighted by Crippen LogP contribution is 2.20. The Bertz CT molecular complexity index is 706. The number of hydrogen-bond acceptors (Lipinski definition) is 6. The Morgan fingerprint density at radius 1 is 1.35 bits per heavy atom. The number of aliphatic hydroxyl groups is 1. The van der Waals surface area contributed by atoms with Crippen LogP contribution in [0.3, 0.4) is 0 Å². The SMILES string of the molecule is O=S(=O)(c1cnn(CCO)c1)N1CCn2cnnc2C1. The number of rotatable bonds is 4. The summed E-state index contributed by atoms with van der Waals surface area (Å²) < 4.78 is 29.6. The lowest BCUT2D eigenvalue weighted by atomic mass is 10.4. The second-order valence-electron chi connectivity index (χ2n) is 4.44. The van der Waals surface area contributed by atoms with Gasteiger partial charge in [0, 0.05) is 19.3 Å². The van der Waals surface area contributed by atoms with Crippen molar-refractivity contribution in [1.29, 1.82) is 0 Å². The van der Waals surface area contributed by atoms with Crippen molar-refractivity contribution in [3.63, 3.8) is 0 Å². The summed E-state index contributed by atoms with van der Waals surface area (Å²) in [5, 5.41) is 20.4. The van der Waals surface area contributed by atoms with Crippen LogP contribution in [0.1, 0.15) is 5.82 Å². The molecule has 0 amide bonds. The monoisotopic (exact) mass is 298 g/mol. The van der Waals surface area contributed by atoms with E-state index in [0.717, 1.165) is 0 Å². The zero-order valence-electron chi connectivity index (χ0n) is 10.6. The van der Waals surface area contributed by atoms with Gasteiger partial charge in [-0.15, -0.1) is 10.2 Å². The molecule has 1 aliphatic heterocycles. The number of nitrogens with zero attached hydrogens (tertiary/aromatic N) is 6. The number of sulfonamides is 1. The van der Waals surface area contributed by atoms with Gasteiger partial charge < -0.3 is 9.67 Å². The Labute approximate surface area is 115 Å². The molecule has 0 unspecified atom stereocenters. The molecule has 3 rings (SSSR count). The molecule has 0 aliphatic carbocycles. The molecule has 0 bridgehead atoms. The third-order valence-corrected chi connectivity index (χ3v) is 4.98. The fourth-order valence-electron chi connectivity index (χ4n) is 2.10. The van der Waals surface area contributed by atoms with Gasteiger partial charge in [0.1, 0.15) is 17.0 Å². The van der Waals surface area contributed by atoms with Crippen LogP contribution >= 0.6 is 0 Å². The molecule has 1 N–H and O–H groups in total. The van der Waals surface area contributed by atoms with Gasteiger partial charge in [-0.05, 0) is 0 Å². The van der Waals surface area contributed by atoms with Crippen LogP contribution in [-0.2, 0) is 29.7 Å². The van der Waals surface area contributed by atoms with Gasteiger partial charge in [0.25, 0.3) is 0 Å². The molecule has 108 valence electrons. The van der Waals surface area contributed by atoms with Gasteiger partial charge in [-0.1, -0.05) is 0 Å². The quantitative estimate of drug-likeness (QED) is 0.749. The lowest BCUT2D eigenvalue weighted by molar-refractivity contribution is 0.269. The van der Waals surface area contributed by atoms with E-state index in [1.54, 1.807) is 6.33 Å². The summed E-state index contributed by atoms with van der Waals surface area (Å²) in [4.78, 5) is 0.124. The fourth-order valence-corrected chi connectivity index (χ4v) is 3.44. The van der Waals surface area contributed by atoms with Gasteiger partial charge in [0.2, 0.25) is 10.0 Å². The van der Waals surface area contributed by atoms with E-state index in [4.69, 9.17) is 5.11 Å². The van der Waals surface area contributed by atoms with Crippen LogP contribution in [0.4, 0.5) is 0 Å². The van der Waals surface area contributed by atoms with Crippen molar-refractivity contribution >= 4 is 10.0 Å². The molecule has 0 saturated carbocycles. The molecule has 0 saturated heterocycles. The summed E-state index contributed by atoms with van der Waals surface area (Å²) in [5.74, 6) is 0.627. The van der Waals surface area contributed by atoms with Crippen LogP contribution in [-0.4, -0.2) is 55.5 Å². The first-order valence-electron chi connectivity index (χ1n) is 6.11. The minimum absolute atomic E-state index is 0.0893. The lowest BCUT2D eigenvalue weighted by Gasteiger charge is -2.25. The normalized spacial score (nSPS) is 16.2. The van der Waals surface area contributed by atoms with Gasteiger partial charge in [-0.25, -0.2) is 8.42 Å². The molecule has 10 heteroatoms. The van der Waals surface area contributed by atoms with E-state index in [-0.39, 0.29) is 24.6 Å². The topological polar surface area (TPSA) is 106 Å². The standard InChI is InChI=1S/C10H14N6O3S/c17-4-3-15-6-9(5-12-15)20(18,19)16-2-1-14-8-11-13-10(14)7-16/h5-6,8,17H,1-4,7H2. The lowest BCUT2D eigenvalue weighted by Crippen LogP contribution is -2.38. The molecule has 2 aromatic heterocycles. The first-order chi connectivity index (χ1) is 9.61. The maximum absolute atomic E-state index is 12.5. The van der Waals surface area contributed by atoms with Gasteiger partial charge in [0.15, 0.2) is 0 Å². The molecule has 0 aromatic carbocycles. The molecular weight excluding hydrogens is 284 g/mol. The molecule has 1 aliphatic rings. The first-order valence-corrected chi connectivity index (χ1v) is 7.55. The number of fused-ring (bicyclic) bond motifs is 1. The third kappa shape index (κ3) is 2.21. The highest BCUT2D eigenvalue weighted by Gasteiger charge is 2.30. The minimum Gasteiger partial charge on any atom is -0.394 e. The van der Waals surface area contributed by atoms with Crippen molar-refractivity contribution in [2.75, 3.05) is 13.2 Å². The largest absolute Gasteiger partial charge is 0.394 e. The fraction of sp³-hybridized carbons (Fsp3) is 0.500. The highest BCUT2D eigenvalue weighted by atomic mass is 32.2. The van der Waals surface area contributed by atoms with Crippen molar-refractivity contribution in [2.45, 2.75) is 24.5 Å². The van der Waals surface area contributed by atoms with Crippen LogP contribution in [0, 0.1) is 0 Å². The summed E-state index contributed by atoms with van der Waals surface area (Å²) in [6, 6.07) is 0. The van der Waals surface area contributed by atoms with E-state index in [1.165, 1.54) is 21.4 Å². The van der Waals surface area contributed by atoms with Crippen LogP contribution < -0.4 is 0 Å². The zero-order chi connectivity index (χ0) is 14.2. The van der Waals surface area contributed by atoms with Crippen LogP contribution in [0.15, 0.2) is 23.6 Å². The summed E-state index contributed by atoms with van der Waals surface area (Å²) >= 11 is 0. The number of hydrogen-bond donors (Lipinski definition) is 1. The molecule has 9 nitrogen and oxygen atoms in total. The van der Waals surface area contributed by atoms with E-state index in [9.17, 15) is 8.42 Å². The van der Waals surface area contributed by atoms with E-state index in [0.29, 0.717) is 18.9 Å². The Balaban J connectivity index is 1.85. The van der Waals surface area contributed by atoms with Crippen LogP contribution in [0.5, 0.6) is 0 Å². The maximum Gasteiger partial charge on any atom is 0.246 e. The Morgan fingerprint density at radius 3 is 3.00 bits per heavy atom. The molecule has 0 spiro atoms. The summed E-state index contributed by atoms with van der Waals surface area (Å²) in [6.45, 7) is 1.29. The van der Waals surface area contributed by atoms with E-state index in [1.807, 2.05) is 4.57 Å². The van der Waals surface area contributed by atoms with Crippen molar-refractivity contribution in [2.24, 2.45) is 0 Å². The van der Waals surface area contributed by atoms with Gasteiger partial charge >= 0.3 is 0 Å². The van der Waals surface area contributed by atoms with Crippen LogP contribution in [0.2, 0.25) is 0 Å². The number of aromatic nitrogens is 5. The smallest absolute Gasteiger partial charge is 0.246 e. The highest BCUT2D eigenvalue weighted by molar-refractivity contribution is 7.89. The zero-order valence-corrected chi connectivity index (χ0v) is 11.4. The van der Waals surface area contributed by atoms with E-state index >= 15 is 0 Å². The second-order valence-corrected chi connectivity index (χ2v) is 6.38. The van der Waals surface area contributed by atoms with Crippen molar-refractivity contribution in [3.05, 3.63) is 24.5 Å². The first kappa shape index (κ1) is 13.2. The van der Waals surface area contributed by atoms with Gasteiger partial charge in [0.05, 0.1) is 25.9 Å². The molecular formula is C10H14N6O3S. The van der Waals surface area contributed by atoms with Crippen molar-refractivity contribution in [1.82, 2.24) is 28.9 Å². The summed E-state index contributed by atoms with van der Waals surface area (Å²) in [6.07, 6.45) is 4.31. The van der Waals surface area contributed by atoms with E-state index in [2.05, 4.69) is 15.3 Å². The molecule has 0 radical (unpaired) electrons. The Morgan fingerprint density at radius 2 is 2.20 bits per heavy atom. The van der Waals surface area contributed by atoms with Crippen molar-refractivity contribution in [3.8, 4) is 0 Å². The Kier molecular flexibility index (Phi) is 3.28. The Hall–Kier alpha value is -1.78. The molecule has 0 atom stereocenters. The molecule has 20 heavy (non-hydrogen) atoms. The summed E-state index contributed by atoms with van der Waals surface area (Å²) in [5.41, 5.74) is 0. The number of aliphatic hydroxyl groups excluding tert-OH is 1. The summed E-state index contributed by atoms with van der Waals surface area (Å²) in [7, 11) is -3.59. The minimum atomic E-state index is -3.59.